The van der Waals surface area contributed by atoms with Gasteiger partial charge in [-0.1, -0.05) is 17.9 Å². The van der Waals surface area contributed by atoms with E-state index in [-0.39, 0.29) is 12.5 Å². The molecular weight excluding hydrogens is 268 g/mol. The summed E-state index contributed by atoms with van der Waals surface area (Å²) >= 11 is 0. The van der Waals surface area contributed by atoms with Crippen molar-refractivity contribution in [3.05, 3.63) is 34.9 Å². The third-order valence-corrected chi connectivity index (χ3v) is 2.99. The fourth-order valence-corrected chi connectivity index (χ4v) is 1.58. The number of nitrogens with two attached hydrogens (primary N) is 1. The molecule has 21 heavy (non-hydrogen) atoms. The summed E-state index contributed by atoms with van der Waals surface area (Å²) < 4.78 is 0. The largest absolute Gasteiger partial charge is 0.395 e. The van der Waals surface area contributed by atoms with Gasteiger partial charge in [0.05, 0.1) is 6.61 Å². The van der Waals surface area contributed by atoms with Gasteiger partial charge >= 0.3 is 0 Å². The van der Waals surface area contributed by atoms with Crippen molar-refractivity contribution in [2.45, 2.75) is 32.7 Å². The van der Waals surface area contributed by atoms with Crippen LogP contribution in [0.25, 0.3) is 0 Å². The zero-order valence-corrected chi connectivity index (χ0v) is 12.5. The first-order chi connectivity index (χ1) is 9.77. The third kappa shape index (κ3) is 4.62. The average molecular weight is 288 g/mol. The number of carbonyl (C=O) groups excluding carboxylic acids is 2. The summed E-state index contributed by atoms with van der Waals surface area (Å²) in [6.07, 6.45) is 0.379. The summed E-state index contributed by atoms with van der Waals surface area (Å²) in [4.78, 5) is 23.5. The summed E-state index contributed by atoms with van der Waals surface area (Å²) in [5.41, 5.74) is 6.02. The highest BCUT2D eigenvalue weighted by molar-refractivity contribution is 5.99. The number of nitrogens with one attached hydrogen (secondary N) is 1. The zero-order chi connectivity index (χ0) is 16.0. The standard InChI is InChI=1S/C16H20N2O3/c1-11-7-8-12(6-4-5-9-19)10-13(11)14(20)18-16(2,3)15(17)21/h7-8,10,19H,5,9H2,1-3H3,(H2,17,21)(H,18,20). The fourth-order valence-electron chi connectivity index (χ4n) is 1.58. The summed E-state index contributed by atoms with van der Waals surface area (Å²) in [6.45, 7) is 4.90. The van der Waals surface area contributed by atoms with E-state index in [1.807, 2.05) is 0 Å². The molecule has 0 fully saturated rings. The van der Waals surface area contributed by atoms with Crippen LogP contribution < -0.4 is 11.1 Å². The van der Waals surface area contributed by atoms with E-state index in [0.29, 0.717) is 17.5 Å². The van der Waals surface area contributed by atoms with Gasteiger partial charge in [-0.05, 0) is 38.5 Å². The van der Waals surface area contributed by atoms with Crippen molar-refractivity contribution < 1.29 is 14.7 Å². The molecule has 0 atom stereocenters. The van der Waals surface area contributed by atoms with E-state index in [4.69, 9.17) is 10.8 Å². The molecule has 1 aromatic rings. The lowest BCUT2D eigenvalue weighted by molar-refractivity contribution is -0.122. The number of aryl methyl sites for hydroxylation is 1. The van der Waals surface area contributed by atoms with Gasteiger partial charge in [0.2, 0.25) is 5.91 Å². The van der Waals surface area contributed by atoms with Gasteiger partial charge in [-0.25, -0.2) is 0 Å². The minimum Gasteiger partial charge on any atom is -0.395 e. The first-order valence-corrected chi connectivity index (χ1v) is 6.60. The summed E-state index contributed by atoms with van der Waals surface area (Å²) in [6, 6.07) is 5.25. The molecule has 0 saturated heterocycles. The second-order valence-electron chi connectivity index (χ2n) is 5.25. The number of primary amides is 1. The zero-order valence-electron chi connectivity index (χ0n) is 12.5. The van der Waals surface area contributed by atoms with Crippen molar-refractivity contribution in [2.24, 2.45) is 5.73 Å². The van der Waals surface area contributed by atoms with Crippen molar-refractivity contribution in [1.29, 1.82) is 0 Å². The van der Waals surface area contributed by atoms with Crippen LogP contribution in [0.2, 0.25) is 0 Å². The highest BCUT2D eigenvalue weighted by Crippen LogP contribution is 2.12. The topological polar surface area (TPSA) is 92.4 Å². The molecule has 0 aliphatic rings. The van der Waals surface area contributed by atoms with E-state index in [0.717, 1.165) is 5.56 Å². The molecule has 0 bridgehead atoms. The minimum absolute atomic E-state index is 0.000987. The van der Waals surface area contributed by atoms with Crippen LogP contribution in [0.1, 0.15) is 41.8 Å². The average Bonchev–Trinajstić information content (AvgIpc) is 2.40. The van der Waals surface area contributed by atoms with Crippen molar-refractivity contribution in [2.75, 3.05) is 6.61 Å². The van der Waals surface area contributed by atoms with E-state index >= 15 is 0 Å². The fraction of sp³-hybridized carbons (Fsp3) is 0.375. The molecule has 0 saturated carbocycles. The first kappa shape index (κ1) is 16.7. The Labute approximate surface area is 124 Å². The Morgan fingerprint density at radius 2 is 2.05 bits per heavy atom. The van der Waals surface area contributed by atoms with Gasteiger partial charge in [-0.2, -0.15) is 0 Å². The molecule has 112 valence electrons. The SMILES string of the molecule is Cc1ccc(C#CCCO)cc1C(=O)NC(C)(C)C(N)=O. The summed E-state index contributed by atoms with van der Waals surface area (Å²) in [5, 5.41) is 11.3. The highest BCUT2D eigenvalue weighted by Gasteiger charge is 2.27. The number of amides is 2. The van der Waals surface area contributed by atoms with Crippen molar-refractivity contribution >= 4 is 11.8 Å². The van der Waals surface area contributed by atoms with Gasteiger partial charge in [0.1, 0.15) is 5.54 Å². The predicted molar refractivity (Wildman–Crippen MR) is 80.5 cm³/mol. The van der Waals surface area contributed by atoms with Gasteiger partial charge in [0.25, 0.3) is 5.91 Å². The highest BCUT2D eigenvalue weighted by atomic mass is 16.2. The Balaban J connectivity index is 3.02. The van der Waals surface area contributed by atoms with Gasteiger partial charge in [-0.15, -0.1) is 0 Å². The van der Waals surface area contributed by atoms with Gasteiger partial charge in [-0.3, -0.25) is 9.59 Å². The molecule has 0 heterocycles. The van der Waals surface area contributed by atoms with E-state index in [1.54, 1.807) is 39.0 Å². The van der Waals surface area contributed by atoms with Gasteiger partial charge < -0.3 is 16.2 Å². The number of hydrogen-bond donors (Lipinski definition) is 3. The van der Waals surface area contributed by atoms with Crippen LogP contribution in [0.4, 0.5) is 0 Å². The van der Waals surface area contributed by atoms with Crippen LogP contribution in [-0.4, -0.2) is 29.1 Å². The lowest BCUT2D eigenvalue weighted by atomic mass is 10.0. The second-order valence-corrected chi connectivity index (χ2v) is 5.25. The Bertz CT molecular complexity index is 610. The van der Waals surface area contributed by atoms with Crippen molar-refractivity contribution in [3.8, 4) is 11.8 Å². The second kappa shape index (κ2) is 6.91. The quantitative estimate of drug-likeness (QED) is 0.713. The van der Waals surface area contributed by atoms with Crippen LogP contribution >= 0.6 is 0 Å². The van der Waals surface area contributed by atoms with Gasteiger partial charge in [0, 0.05) is 17.5 Å². The maximum absolute atomic E-state index is 12.3. The van der Waals surface area contributed by atoms with Crippen LogP contribution in [0.3, 0.4) is 0 Å². The molecule has 4 N–H and O–H groups in total. The Kier molecular flexibility index (Phi) is 5.51. The van der Waals surface area contributed by atoms with E-state index in [9.17, 15) is 9.59 Å². The maximum Gasteiger partial charge on any atom is 0.252 e. The number of hydrogen-bond acceptors (Lipinski definition) is 3. The first-order valence-electron chi connectivity index (χ1n) is 6.60. The molecule has 0 unspecified atom stereocenters. The smallest absolute Gasteiger partial charge is 0.252 e. The summed E-state index contributed by atoms with van der Waals surface area (Å²) in [5.74, 6) is 4.69. The van der Waals surface area contributed by atoms with Crippen LogP contribution in [0, 0.1) is 18.8 Å². The molecule has 0 aliphatic heterocycles. The molecule has 1 aromatic carbocycles. The van der Waals surface area contributed by atoms with Crippen LogP contribution in [0.15, 0.2) is 18.2 Å². The molecule has 5 nitrogen and oxygen atoms in total. The lowest BCUT2D eigenvalue weighted by Crippen LogP contribution is -2.53. The molecule has 2 amide bonds. The van der Waals surface area contributed by atoms with E-state index < -0.39 is 11.4 Å². The Morgan fingerprint density at radius 3 is 2.62 bits per heavy atom. The number of benzene rings is 1. The summed E-state index contributed by atoms with van der Waals surface area (Å²) in [7, 11) is 0. The van der Waals surface area contributed by atoms with Crippen LogP contribution in [0.5, 0.6) is 0 Å². The number of aliphatic hydroxyl groups is 1. The van der Waals surface area contributed by atoms with Crippen molar-refractivity contribution in [3.63, 3.8) is 0 Å². The number of carbonyl (C=O) groups is 2. The van der Waals surface area contributed by atoms with Crippen molar-refractivity contribution in [1.82, 2.24) is 5.32 Å². The monoisotopic (exact) mass is 288 g/mol. The Morgan fingerprint density at radius 1 is 1.38 bits per heavy atom. The molecule has 0 aromatic heterocycles. The third-order valence-electron chi connectivity index (χ3n) is 2.99. The maximum atomic E-state index is 12.3. The Hall–Kier alpha value is -2.32. The van der Waals surface area contributed by atoms with E-state index in [2.05, 4.69) is 17.2 Å². The number of aliphatic hydroxyl groups excluding tert-OH is 1. The van der Waals surface area contributed by atoms with Crippen LogP contribution in [-0.2, 0) is 4.79 Å². The molecular formula is C16H20N2O3. The van der Waals surface area contributed by atoms with E-state index in [1.165, 1.54) is 0 Å². The predicted octanol–water partition coefficient (Wildman–Crippen LogP) is 0.723. The minimum atomic E-state index is -1.12. The molecule has 0 radical (unpaired) electrons. The van der Waals surface area contributed by atoms with Gasteiger partial charge in [0.15, 0.2) is 0 Å². The number of rotatable bonds is 4. The normalized spacial score (nSPS) is 10.5. The molecule has 1 rings (SSSR count). The molecule has 5 heteroatoms. The lowest BCUT2D eigenvalue weighted by Gasteiger charge is -2.22. The molecule has 0 aliphatic carbocycles. The molecule has 0 spiro atoms.